The Bertz CT molecular complexity index is 1930. The lowest BCUT2D eigenvalue weighted by atomic mass is 9.55. The maximum absolute atomic E-state index is 14.1. The number of hydrogen-bond donors (Lipinski definition) is 8. The van der Waals surface area contributed by atoms with Crippen molar-refractivity contribution in [3.8, 4) is 5.75 Å². The van der Waals surface area contributed by atoms with Gasteiger partial charge in [-0.15, -0.1) is 0 Å². The molecule has 46 heavy (non-hydrogen) atoms. The van der Waals surface area contributed by atoms with Crippen LogP contribution in [0.4, 0.5) is 16.2 Å². The fraction of sp³-hybridized carbons (Fsp3) is 0.273. The predicted octanol–water partition coefficient (Wildman–Crippen LogP) is 2.45. The number of aliphatic hydroxyl groups is 4. The van der Waals surface area contributed by atoms with E-state index in [1.807, 2.05) is 30.3 Å². The smallest absolute Gasteiger partial charge is 0.323 e. The molecule has 0 aliphatic heterocycles. The summed E-state index contributed by atoms with van der Waals surface area (Å²) in [5.41, 5.74) is 1.13. The van der Waals surface area contributed by atoms with Gasteiger partial charge in [0.15, 0.2) is 17.1 Å². The molecule has 0 fully saturated rings. The summed E-state index contributed by atoms with van der Waals surface area (Å²) in [6.45, 7) is 1.62. The Morgan fingerprint density at radius 2 is 1.59 bits per heavy atom. The Labute approximate surface area is 262 Å². The summed E-state index contributed by atoms with van der Waals surface area (Å²) in [5, 5.41) is 64.2. The average molecular weight is 629 g/mol. The molecule has 3 aromatic carbocycles. The van der Waals surface area contributed by atoms with E-state index in [1.54, 1.807) is 19.1 Å². The molecule has 3 aliphatic carbocycles. The van der Waals surface area contributed by atoms with Crippen molar-refractivity contribution < 1.29 is 44.7 Å². The molecule has 3 amide bonds. The van der Waals surface area contributed by atoms with Crippen molar-refractivity contribution in [2.75, 3.05) is 24.7 Å². The van der Waals surface area contributed by atoms with Crippen molar-refractivity contribution in [3.63, 3.8) is 0 Å². The molecule has 0 saturated heterocycles. The second-order valence-electron chi connectivity index (χ2n) is 12.1. The molecule has 0 radical (unpaired) electrons. The maximum Gasteiger partial charge on any atom is 0.323 e. The third-order valence-corrected chi connectivity index (χ3v) is 9.42. The third-order valence-electron chi connectivity index (χ3n) is 9.42. The van der Waals surface area contributed by atoms with Crippen LogP contribution in [-0.4, -0.2) is 85.8 Å². The van der Waals surface area contributed by atoms with Gasteiger partial charge in [0.25, 0.3) is 5.91 Å². The van der Waals surface area contributed by atoms with Gasteiger partial charge in [-0.2, -0.15) is 0 Å². The van der Waals surface area contributed by atoms with Crippen molar-refractivity contribution in [1.29, 1.82) is 0 Å². The van der Waals surface area contributed by atoms with Gasteiger partial charge in [0, 0.05) is 16.9 Å². The average Bonchev–Trinajstić information content (AvgIpc) is 3.00. The monoisotopic (exact) mass is 628 g/mol. The number of benzene rings is 3. The summed E-state index contributed by atoms with van der Waals surface area (Å²) in [5.74, 6) is -9.99. The van der Waals surface area contributed by atoms with Gasteiger partial charge in [-0.25, -0.2) is 4.79 Å². The quantitative estimate of drug-likeness (QED) is 0.156. The lowest BCUT2D eigenvalue weighted by Gasteiger charge is -2.53. The summed E-state index contributed by atoms with van der Waals surface area (Å²) in [6.07, 6.45) is -1.71. The lowest BCUT2D eigenvalue weighted by Crippen LogP contribution is -2.68. The van der Waals surface area contributed by atoms with Crippen molar-refractivity contribution in [3.05, 3.63) is 88.4 Å². The number of fused-ring (bicyclic) bond motifs is 4. The minimum atomic E-state index is -3.02. The molecule has 6 rings (SSSR count). The SMILES string of the molecule is C[C@@H]1c2ccc(NC(=O)Nc3cccc4ccccc34)c(O)c2C(=O)C2=C(O)[C@@]3(O)C(=O)C(C(N)=O)=C(O)[C@H](N(C)C)[C@H]3[C@H](O)[C@@H]21. The molecule has 3 aliphatic rings. The first-order valence-corrected chi connectivity index (χ1v) is 14.5. The summed E-state index contributed by atoms with van der Waals surface area (Å²) >= 11 is 0. The van der Waals surface area contributed by atoms with Crippen molar-refractivity contribution in [1.82, 2.24) is 4.90 Å². The largest absolute Gasteiger partial charge is 0.510 e. The van der Waals surface area contributed by atoms with E-state index in [4.69, 9.17) is 5.73 Å². The second kappa shape index (κ2) is 10.7. The van der Waals surface area contributed by atoms with Gasteiger partial charge in [-0.1, -0.05) is 49.4 Å². The van der Waals surface area contributed by atoms with Crippen LogP contribution in [0.1, 0.15) is 28.8 Å². The van der Waals surface area contributed by atoms with Crippen molar-refractivity contribution in [2.45, 2.75) is 30.6 Å². The zero-order valence-corrected chi connectivity index (χ0v) is 25.0. The van der Waals surface area contributed by atoms with Gasteiger partial charge >= 0.3 is 6.03 Å². The van der Waals surface area contributed by atoms with Crippen LogP contribution in [0.15, 0.2) is 77.3 Å². The number of anilines is 2. The van der Waals surface area contributed by atoms with Crippen LogP contribution < -0.4 is 16.4 Å². The zero-order valence-electron chi connectivity index (χ0n) is 25.0. The first-order valence-electron chi connectivity index (χ1n) is 14.5. The molecular formula is C33H32N4O9. The number of amides is 3. The molecule has 0 bridgehead atoms. The molecule has 9 N–H and O–H groups in total. The van der Waals surface area contributed by atoms with Crippen molar-refractivity contribution in [2.24, 2.45) is 17.6 Å². The number of hydrogen-bond acceptors (Lipinski definition) is 10. The molecule has 13 nitrogen and oxygen atoms in total. The predicted molar refractivity (Wildman–Crippen MR) is 166 cm³/mol. The molecule has 3 aromatic rings. The Kier molecular flexibility index (Phi) is 7.15. The topological polar surface area (TPSA) is 223 Å². The van der Waals surface area contributed by atoms with E-state index in [9.17, 15) is 44.7 Å². The summed E-state index contributed by atoms with van der Waals surface area (Å²) in [7, 11) is 2.93. The van der Waals surface area contributed by atoms with E-state index < -0.39 is 87.4 Å². The molecule has 6 atom stereocenters. The number of primary amides is 1. The lowest BCUT2D eigenvalue weighted by molar-refractivity contribution is -0.162. The Balaban J connectivity index is 1.42. The normalized spacial score (nSPS) is 27.3. The Morgan fingerprint density at radius 3 is 2.26 bits per heavy atom. The number of Topliss-reactive ketones (excluding diaryl/α,β-unsaturated/α-hetero) is 2. The fourth-order valence-corrected chi connectivity index (χ4v) is 7.33. The van der Waals surface area contributed by atoms with E-state index in [1.165, 1.54) is 31.1 Å². The van der Waals surface area contributed by atoms with Crippen LogP contribution in [0.3, 0.4) is 0 Å². The fourth-order valence-electron chi connectivity index (χ4n) is 7.33. The maximum atomic E-state index is 14.1. The highest BCUT2D eigenvalue weighted by molar-refractivity contribution is 6.25. The van der Waals surface area contributed by atoms with Crippen LogP contribution in [-0.2, 0) is 9.59 Å². The van der Waals surface area contributed by atoms with Crippen LogP contribution in [0.2, 0.25) is 0 Å². The molecule has 0 saturated carbocycles. The number of phenolic OH excluding ortho intramolecular Hbond substituents is 1. The molecule has 0 spiro atoms. The molecule has 238 valence electrons. The summed E-state index contributed by atoms with van der Waals surface area (Å²) < 4.78 is 0. The number of rotatable bonds is 4. The first kappa shape index (κ1) is 30.8. The van der Waals surface area contributed by atoms with E-state index in [2.05, 4.69) is 10.6 Å². The number of carbonyl (C=O) groups is 4. The Morgan fingerprint density at radius 1 is 0.935 bits per heavy atom. The number of likely N-dealkylation sites (N-methyl/N-ethyl adjacent to an activating group) is 1. The molecule has 0 aromatic heterocycles. The van der Waals surface area contributed by atoms with E-state index in [0.29, 0.717) is 5.69 Å². The third kappa shape index (κ3) is 4.20. The number of urea groups is 1. The van der Waals surface area contributed by atoms with E-state index in [0.717, 1.165) is 10.8 Å². The van der Waals surface area contributed by atoms with Crippen LogP contribution >= 0.6 is 0 Å². The van der Waals surface area contributed by atoms with Gasteiger partial charge in [-0.05, 0) is 43.1 Å². The van der Waals surface area contributed by atoms with Crippen LogP contribution in [0.5, 0.6) is 5.75 Å². The van der Waals surface area contributed by atoms with Gasteiger partial charge in [0.2, 0.25) is 5.78 Å². The molecular weight excluding hydrogens is 596 g/mol. The van der Waals surface area contributed by atoms with Gasteiger partial charge in [-0.3, -0.25) is 19.3 Å². The highest BCUT2D eigenvalue weighted by atomic mass is 16.4. The number of nitrogens with one attached hydrogen (secondary N) is 2. The minimum absolute atomic E-state index is 0.145. The first-order chi connectivity index (χ1) is 21.7. The summed E-state index contributed by atoms with van der Waals surface area (Å²) in [6, 6.07) is 13.6. The van der Waals surface area contributed by atoms with E-state index in [-0.39, 0.29) is 16.8 Å². The number of ketones is 2. The van der Waals surface area contributed by atoms with Crippen LogP contribution in [0, 0.1) is 11.8 Å². The van der Waals surface area contributed by atoms with Gasteiger partial charge in [0.05, 0.1) is 35.0 Å². The van der Waals surface area contributed by atoms with Gasteiger partial charge in [0.1, 0.15) is 17.1 Å². The zero-order chi connectivity index (χ0) is 33.4. The highest BCUT2D eigenvalue weighted by Crippen LogP contribution is 2.56. The number of carbonyl (C=O) groups excluding carboxylic acids is 4. The number of nitrogens with zero attached hydrogens (tertiary/aromatic N) is 1. The summed E-state index contributed by atoms with van der Waals surface area (Å²) in [4.78, 5) is 54.2. The number of aromatic hydroxyl groups is 1. The molecule has 0 heterocycles. The highest BCUT2D eigenvalue weighted by Gasteiger charge is 2.67. The number of nitrogens with two attached hydrogens (primary N) is 1. The standard InChI is InChI=1S/C33H32N4O9/c1-13-15-11-12-18(36-32(45)35-17-10-6-8-14-7-4-5-9-16(14)17)25(38)20(15)26(39)21-19(13)27(40)23-24(37(2)3)28(41)22(31(34)44)30(43)33(23,46)29(21)42/h4-13,19,23-24,27,38,40-42,46H,1-3H3,(H2,34,44)(H2,35,36,45)/t13-,19-,23+,24-,27-,33-/m1/s1. The number of phenols is 1. The second-order valence-corrected chi connectivity index (χ2v) is 12.1. The molecule has 0 unspecified atom stereocenters. The number of aliphatic hydroxyl groups excluding tert-OH is 3. The molecule has 13 heteroatoms. The van der Waals surface area contributed by atoms with E-state index >= 15 is 0 Å². The van der Waals surface area contributed by atoms with Crippen LogP contribution in [0.25, 0.3) is 10.8 Å². The van der Waals surface area contributed by atoms with Gasteiger partial charge < -0.3 is 41.9 Å². The Hall–Kier alpha value is -5.24. The minimum Gasteiger partial charge on any atom is -0.510 e. The van der Waals surface area contributed by atoms with Crippen molar-refractivity contribution >= 4 is 45.7 Å².